The van der Waals surface area contributed by atoms with Crippen LogP contribution in [0.1, 0.15) is 37.8 Å². The van der Waals surface area contributed by atoms with Crippen molar-refractivity contribution in [2.24, 2.45) is 5.92 Å². The van der Waals surface area contributed by atoms with Gasteiger partial charge in [-0.15, -0.1) is 0 Å². The zero-order chi connectivity index (χ0) is 17.0. The molecule has 0 aromatic heterocycles. The molecule has 126 valence electrons. The largest absolute Gasteiger partial charge is 0.481 e. The van der Waals surface area contributed by atoms with E-state index in [1.165, 1.54) is 5.56 Å². The summed E-state index contributed by atoms with van der Waals surface area (Å²) in [6.45, 7) is 6.75. The molecule has 0 aliphatic carbocycles. The summed E-state index contributed by atoms with van der Waals surface area (Å²) in [6.07, 6.45) is 1.04. The third kappa shape index (κ3) is 9.50. The molecule has 1 aromatic rings. The highest BCUT2D eigenvalue weighted by Crippen LogP contribution is 2.17. The van der Waals surface area contributed by atoms with E-state index in [-0.39, 0.29) is 13.2 Å². The number of aliphatic hydroxyl groups is 2. The molecule has 0 bridgehead atoms. The fourth-order valence-electron chi connectivity index (χ4n) is 1.79. The van der Waals surface area contributed by atoms with E-state index in [2.05, 4.69) is 18.6 Å². The molecule has 5 nitrogen and oxygen atoms in total. The van der Waals surface area contributed by atoms with Gasteiger partial charge in [0.1, 0.15) is 0 Å². The number of hydrogen-bond donors (Lipinski definition) is 3. The highest BCUT2D eigenvalue weighted by molar-refractivity contribution is 5.75. The molecule has 0 saturated heterocycles. The van der Waals surface area contributed by atoms with E-state index >= 15 is 0 Å². The Hall–Kier alpha value is -1.43. The van der Waals surface area contributed by atoms with Crippen molar-refractivity contribution in [2.45, 2.75) is 33.1 Å². The summed E-state index contributed by atoms with van der Waals surface area (Å²) < 4.78 is 4.63. The van der Waals surface area contributed by atoms with E-state index in [0.717, 1.165) is 12.0 Å². The van der Waals surface area contributed by atoms with Crippen LogP contribution in [0.25, 0.3) is 0 Å². The Morgan fingerprint density at radius 1 is 1.05 bits per heavy atom. The molecule has 0 fully saturated rings. The highest BCUT2D eigenvalue weighted by atomic mass is 16.5. The lowest BCUT2D eigenvalue weighted by Crippen LogP contribution is -2.07. The van der Waals surface area contributed by atoms with Gasteiger partial charge in [0.25, 0.3) is 0 Å². The molecule has 0 heterocycles. The normalized spacial score (nSPS) is 11.7. The summed E-state index contributed by atoms with van der Waals surface area (Å²) >= 11 is 0. The van der Waals surface area contributed by atoms with Gasteiger partial charge in [-0.05, 0) is 30.4 Å². The van der Waals surface area contributed by atoms with Gasteiger partial charge < -0.3 is 20.1 Å². The molecule has 22 heavy (non-hydrogen) atoms. The lowest BCUT2D eigenvalue weighted by Gasteiger charge is -2.09. The molecule has 0 aliphatic heterocycles. The van der Waals surface area contributed by atoms with Crippen LogP contribution in [0.15, 0.2) is 24.3 Å². The number of rotatable bonds is 8. The maximum atomic E-state index is 10.8. The number of hydrogen-bond acceptors (Lipinski definition) is 4. The molecule has 3 N–H and O–H groups in total. The second-order valence-corrected chi connectivity index (χ2v) is 5.46. The van der Waals surface area contributed by atoms with E-state index in [1.54, 1.807) is 6.92 Å². The quantitative estimate of drug-likeness (QED) is 0.640. The number of carboxylic acid groups (broad SMARTS) is 1. The van der Waals surface area contributed by atoms with E-state index in [0.29, 0.717) is 19.1 Å². The predicted molar refractivity (Wildman–Crippen MR) is 86.0 cm³/mol. The molecular formula is C17H28O5. The van der Waals surface area contributed by atoms with Crippen LogP contribution in [-0.2, 0) is 16.0 Å². The first-order valence-corrected chi connectivity index (χ1v) is 7.53. The Morgan fingerprint density at radius 2 is 1.55 bits per heavy atom. The van der Waals surface area contributed by atoms with Crippen LogP contribution in [0, 0.1) is 5.92 Å². The zero-order valence-corrected chi connectivity index (χ0v) is 13.7. The monoisotopic (exact) mass is 312 g/mol. The Balaban J connectivity index is 0.000000534. The summed E-state index contributed by atoms with van der Waals surface area (Å²) in [5.74, 6) is -0.558. The summed E-state index contributed by atoms with van der Waals surface area (Å²) in [7, 11) is 0. The van der Waals surface area contributed by atoms with E-state index in [1.807, 2.05) is 24.3 Å². The average Bonchev–Trinajstić information content (AvgIpc) is 2.48. The SMILES string of the molecule is CC(C)Cc1ccc(C(C)C(=O)O)cc1.OCCOCCO. The number of aliphatic hydroxyl groups excluding tert-OH is 2. The molecule has 1 atom stereocenters. The van der Waals surface area contributed by atoms with Crippen molar-refractivity contribution in [3.63, 3.8) is 0 Å². The van der Waals surface area contributed by atoms with Crippen LogP contribution in [0.2, 0.25) is 0 Å². The van der Waals surface area contributed by atoms with Crippen molar-refractivity contribution in [3.05, 3.63) is 35.4 Å². The van der Waals surface area contributed by atoms with Crippen LogP contribution in [0.4, 0.5) is 0 Å². The molecule has 0 amide bonds. The van der Waals surface area contributed by atoms with Crippen molar-refractivity contribution < 1.29 is 24.9 Å². The van der Waals surface area contributed by atoms with Gasteiger partial charge >= 0.3 is 5.97 Å². The maximum Gasteiger partial charge on any atom is 0.310 e. The van der Waals surface area contributed by atoms with Crippen molar-refractivity contribution in [1.82, 2.24) is 0 Å². The number of benzene rings is 1. The minimum Gasteiger partial charge on any atom is -0.481 e. The molecule has 1 unspecified atom stereocenters. The van der Waals surface area contributed by atoms with E-state index in [4.69, 9.17) is 15.3 Å². The molecule has 0 saturated carbocycles. The van der Waals surface area contributed by atoms with Gasteiger partial charge in [-0.1, -0.05) is 38.1 Å². The number of carbonyl (C=O) groups is 1. The number of carboxylic acids is 1. The fourth-order valence-corrected chi connectivity index (χ4v) is 1.79. The van der Waals surface area contributed by atoms with E-state index in [9.17, 15) is 4.79 Å². The van der Waals surface area contributed by atoms with Crippen molar-refractivity contribution in [3.8, 4) is 0 Å². The maximum absolute atomic E-state index is 10.8. The van der Waals surface area contributed by atoms with Gasteiger partial charge in [0.2, 0.25) is 0 Å². The molecule has 0 spiro atoms. The van der Waals surface area contributed by atoms with Gasteiger partial charge in [-0.2, -0.15) is 0 Å². The zero-order valence-electron chi connectivity index (χ0n) is 13.7. The molecule has 0 radical (unpaired) electrons. The fraction of sp³-hybridized carbons (Fsp3) is 0.588. The summed E-state index contributed by atoms with van der Waals surface area (Å²) in [4.78, 5) is 10.8. The highest BCUT2D eigenvalue weighted by Gasteiger charge is 2.12. The molecule has 1 aromatic carbocycles. The predicted octanol–water partition coefficient (Wildman–Crippen LogP) is 2.06. The summed E-state index contributed by atoms with van der Waals surface area (Å²) in [6, 6.07) is 7.87. The standard InChI is InChI=1S/C13H18O2.C4H10O3/c1-9(2)8-11-4-6-12(7-5-11)10(3)13(14)15;5-1-3-7-4-2-6/h4-7,9-10H,8H2,1-3H3,(H,14,15);5-6H,1-4H2. The van der Waals surface area contributed by atoms with Crippen LogP contribution in [0.5, 0.6) is 0 Å². The third-order valence-electron chi connectivity index (χ3n) is 2.97. The number of aliphatic carboxylic acids is 1. The van der Waals surface area contributed by atoms with Crippen molar-refractivity contribution in [2.75, 3.05) is 26.4 Å². The minimum atomic E-state index is -0.772. The van der Waals surface area contributed by atoms with Crippen LogP contribution in [0.3, 0.4) is 0 Å². The van der Waals surface area contributed by atoms with Crippen molar-refractivity contribution >= 4 is 5.97 Å². The Labute approximate surface area is 132 Å². The van der Waals surface area contributed by atoms with Gasteiger partial charge in [0.05, 0.1) is 32.3 Å². The minimum absolute atomic E-state index is 0.0278. The summed E-state index contributed by atoms with van der Waals surface area (Å²) in [5.41, 5.74) is 2.14. The van der Waals surface area contributed by atoms with Gasteiger partial charge in [0.15, 0.2) is 0 Å². The Morgan fingerprint density at radius 3 is 1.91 bits per heavy atom. The summed E-state index contributed by atoms with van der Waals surface area (Å²) in [5, 5.41) is 25.0. The molecule has 1 rings (SSSR count). The van der Waals surface area contributed by atoms with E-state index < -0.39 is 11.9 Å². The second-order valence-electron chi connectivity index (χ2n) is 5.46. The Bertz CT molecular complexity index is 396. The smallest absolute Gasteiger partial charge is 0.310 e. The Kier molecular flexibility index (Phi) is 11.4. The third-order valence-corrected chi connectivity index (χ3v) is 2.97. The average molecular weight is 312 g/mol. The van der Waals surface area contributed by atoms with Gasteiger partial charge in [-0.25, -0.2) is 0 Å². The first-order chi connectivity index (χ1) is 10.4. The van der Waals surface area contributed by atoms with Crippen molar-refractivity contribution in [1.29, 1.82) is 0 Å². The van der Waals surface area contributed by atoms with Crippen LogP contribution in [-0.4, -0.2) is 47.7 Å². The number of ether oxygens (including phenoxy) is 1. The second kappa shape index (κ2) is 12.1. The topological polar surface area (TPSA) is 87.0 Å². The van der Waals surface area contributed by atoms with Crippen LogP contribution >= 0.6 is 0 Å². The van der Waals surface area contributed by atoms with Crippen LogP contribution < -0.4 is 0 Å². The first kappa shape index (κ1) is 20.6. The lowest BCUT2D eigenvalue weighted by atomic mass is 9.97. The van der Waals surface area contributed by atoms with Gasteiger partial charge in [0, 0.05) is 0 Å². The molecular weight excluding hydrogens is 284 g/mol. The first-order valence-electron chi connectivity index (χ1n) is 7.53. The molecule has 5 heteroatoms. The van der Waals surface area contributed by atoms with Gasteiger partial charge in [-0.3, -0.25) is 4.79 Å². The lowest BCUT2D eigenvalue weighted by molar-refractivity contribution is -0.138. The molecule has 0 aliphatic rings.